The highest BCUT2D eigenvalue weighted by atomic mass is 16.5. The minimum absolute atomic E-state index is 0.675. The fourth-order valence-electron chi connectivity index (χ4n) is 0.854. The van der Waals surface area contributed by atoms with Crippen LogP contribution in [0, 0.1) is 6.42 Å². The first-order chi connectivity index (χ1) is 4.84. The highest BCUT2D eigenvalue weighted by Gasteiger charge is 2.04. The van der Waals surface area contributed by atoms with E-state index in [1.165, 1.54) is 0 Å². The lowest BCUT2D eigenvalue weighted by molar-refractivity contribution is 0.235. The standard InChI is InChI=1S/C8H12NO/c1-2-10-8-6-4-3-5-7(8)9/h4-6H,2-3,9H2,1H3. The van der Waals surface area contributed by atoms with Gasteiger partial charge in [-0.25, -0.2) is 0 Å². The Morgan fingerprint density at radius 3 is 3.10 bits per heavy atom. The molecule has 0 unspecified atom stereocenters. The van der Waals surface area contributed by atoms with Gasteiger partial charge in [-0.3, -0.25) is 0 Å². The highest BCUT2D eigenvalue weighted by Crippen LogP contribution is 2.14. The molecule has 1 aliphatic rings. The lowest BCUT2D eigenvalue weighted by Crippen LogP contribution is -2.07. The smallest absolute Gasteiger partial charge is 0.138 e. The third kappa shape index (κ3) is 1.53. The van der Waals surface area contributed by atoms with E-state index in [-0.39, 0.29) is 0 Å². The van der Waals surface area contributed by atoms with Crippen LogP contribution in [-0.4, -0.2) is 6.61 Å². The van der Waals surface area contributed by atoms with Crippen molar-refractivity contribution < 1.29 is 4.74 Å². The summed E-state index contributed by atoms with van der Waals surface area (Å²) in [5, 5.41) is 0. The van der Waals surface area contributed by atoms with Crippen molar-refractivity contribution in [3.05, 3.63) is 30.0 Å². The fraction of sp³-hybridized carbons (Fsp3) is 0.375. The lowest BCUT2D eigenvalue weighted by Gasteiger charge is -2.11. The van der Waals surface area contributed by atoms with E-state index in [0.29, 0.717) is 6.61 Å². The van der Waals surface area contributed by atoms with Gasteiger partial charge in [0.05, 0.1) is 12.3 Å². The SMILES string of the molecule is CCOC1=C[CH]CC=C1N. The Hall–Kier alpha value is -0.920. The van der Waals surface area contributed by atoms with Gasteiger partial charge < -0.3 is 10.5 Å². The molecule has 0 heterocycles. The van der Waals surface area contributed by atoms with E-state index < -0.39 is 0 Å². The molecule has 0 aromatic heterocycles. The van der Waals surface area contributed by atoms with Crippen LogP contribution in [0.15, 0.2) is 23.6 Å². The molecular formula is C8H12NO. The molecule has 0 aromatic rings. The van der Waals surface area contributed by atoms with E-state index in [4.69, 9.17) is 10.5 Å². The van der Waals surface area contributed by atoms with Crippen LogP contribution in [0.3, 0.4) is 0 Å². The van der Waals surface area contributed by atoms with Gasteiger partial charge >= 0.3 is 0 Å². The first-order valence-corrected chi connectivity index (χ1v) is 3.47. The van der Waals surface area contributed by atoms with Gasteiger partial charge in [-0.1, -0.05) is 6.08 Å². The van der Waals surface area contributed by atoms with Crippen LogP contribution >= 0.6 is 0 Å². The first-order valence-electron chi connectivity index (χ1n) is 3.47. The number of hydrogen-bond donors (Lipinski definition) is 1. The number of allylic oxidation sites excluding steroid dienone is 2. The van der Waals surface area contributed by atoms with Crippen molar-refractivity contribution >= 4 is 0 Å². The van der Waals surface area contributed by atoms with Crippen molar-refractivity contribution in [3.63, 3.8) is 0 Å². The van der Waals surface area contributed by atoms with Gasteiger partial charge in [0.25, 0.3) is 0 Å². The predicted octanol–water partition coefficient (Wildman–Crippen LogP) is 1.36. The number of rotatable bonds is 2. The average molecular weight is 138 g/mol. The summed E-state index contributed by atoms with van der Waals surface area (Å²) in [6, 6.07) is 0. The third-order valence-electron chi connectivity index (χ3n) is 1.33. The molecule has 0 saturated carbocycles. The molecule has 0 bridgehead atoms. The lowest BCUT2D eigenvalue weighted by atomic mass is 10.1. The molecule has 10 heavy (non-hydrogen) atoms. The molecule has 0 atom stereocenters. The highest BCUT2D eigenvalue weighted by molar-refractivity contribution is 5.29. The van der Waals surface area contributed by atoms with Crippen molar-refractivity contribution in [1.29, 1.82) is 0 Å². The van der Waals surface area contributed by atoms with Crippen LogP contribution in [-0.2, 0) is 4.74 Å². The maximum atomic E-state index is 5.61. The summed E-state index contributed by atoms with van der Waals surface area (Å²) in [5.41, 5.74) is 6.37. The number of nitrogens with two attached hydrogens (primary N) is 1. The summed E-state index contributed by atoms with van der Waals surface area (Å²) in [6.07, 6.45) is 6.81. The molecule has 1 aliphatic carbocycles. The van der Waals surface area contributed by atoms with Crippen molar-refractivity contribution in [1.82, 2.24) is 0 Å². The molecule has 0 aliphatic heterocycles. The van der Waals surface area contributed by atoms with Gasteiger partial charge in [0, 0.05) is 0 Å². The Balaban J connectivity index is 2.56. The molecule has 0 saturated heterocycles. The Morgan fingerprint density at radius 1 is 1.70 bits per heavy atom. The molecular weight excluding hydrogens is 126 g/mol. The third-order valence-corrected chi connectivity index (χ3v) is 1.33. The molecule has 2 heteroatoms. The van der Waals surface area contributed by atoms with Crippen LogP contribution in [0.25, 0.3) is 0 Å². The summed E-state index contributed by atoms with van der Waals surface area (Å²) in [7, 11) is 0. The van der Waals surface area contributed by atoms with Gasteiger partial charge in [-0.15, -0.1) is 0 Å². The zero-order chi connectivity index (χ0) is 7.40. The minimum atomic E-state index is 0.675. The zero-order valence-electron chi connectivity index (χ0n) is 6.13. The molecule has 1 radical (unpaired) electrons. The topological polar surface area (TPSA) is 35.2 Å². The molecule has 55 valence electrons. The van der Waals surface area contributed by atoms with Gasteiger partial charge in [-0.05, 0) is 25.8 Å². The van der Waals surface area contributed by atoms with Gasteiger partial charge in [0.15, 0.2) is 0 Å². The van der Waals surface area contributed by atoms with Crippen LogP contribution < -0.4 is 5.73 Å². The quantitative estimate of drug-likeness (QED) is 0.625. The summed E-state index contributed by atoms with van der Waals surface area (Å²) >= 11 is 0. The van der Waals surface area contributed by atoms with E-state index in [1.807, 2.05) is 25.5 Å². The summed E-state index contributed by atoms with van der Waals surface area (Å²) in [6.45, 7) is 2.62. The summed E-state index contributed by atoms with van der Waals surface area (Å²) in [5.74, 6) is 0.800. The second kappa shape index (κ2) is 3.30. The average Bonchev–Trinajstić information content (AvgIpc) is 1.94. The van der Waals surface area contributed by atoms with E-state index in [2.05, 4.69) is 0 Å². The van der Waals surface area contributed by atoms with Crippen LogP contribution in [0.1, 0.15) is 13.3 Å². The van der Waals surface area contributed by atoms with Crippen LogP contribution in [0.2, 0.25) is 0 Å². The normalized spacial score (nSPS) is 17.7. The van der Waals surface area contributed by atoms with Crippen molar-refractivity contribution in [2.75, 3.05) is 6.61 Å². The summed E-state index contributed by atoms with van der Waals surface area (Å²) in [4.78, 5) is 0. The van der Waals surface area contributed by atoms with Crippen LogP contribution in [0.4, 0.5) is 0 Å². The molecule has 0 aromatic carbocycles. The fourth-order valence-corrected chi connectivity index (χ4v) is 0.854. The number of ether oxygens (including phenoxy) is 1. The molecule has 0 spiro atoms. The van der Waals surface area contributed by atoms with E-state index >= 15 is 0 Å². The predicted molar refractivity (Wildman–Crippen MR) is 40.9 cm³/mol. The second-order valence-corrected chi connectivity index (χ2v) is 2.09. The largest absolute Gasteiger partial charge is 0.492 e. The van der Waals surface area contributed by atoms with Crippen molar-refractivity contribution in [2.45, 2.75) is 13.3 Å². The van der Waals surface area contributed by atoms with Gasteiger partial charge in [-0.2, -0.15) is 0 Å². The van der Waals surface area contributed by atoms with Gasteiger partial charge in [0.2, 0.25) is 0 Å². The number of hydrogen-bond acceptors (Lipinski definition) is 2. The molecule has 1 rings (SSSR count). The van der Waals surface area contributed by atoms with E-state index in [0.717, 1.165) is 17.9 Å². The maximum absolute atomic E-state index is 5.61. The molecule has 2 N–H and O–H groups in total. The Kier molecular flexibility index (Phi) is 2.37. The summed E-state index contributed by atoms with van der Waals surface area (Å²) < 4.78 is 5.23. The monoisotopic (exact) mass is 138 g/mol. The Morgan fingerprint density at radius 2 is 2.50 bits per heavy atom. The maximum Gasteiger partial charge on any atom is 0.138 e. The van der Waals surface area contributed by atoms with E-state index in [1.54, 1.807) is 0 Å². The van der Waals surface area contributed by atoms with Gasteiger partial charge in [0.1, 0.15) is 5.76 Å². The zero-order valence-corrected chi connectivity index (χ0v) is 6.13. The first kappa shape index (κ1) is 7.19. The minimum Gasteiger partial charge on any atom is -0.492 e. The molecule has 0 amide bonds. The molecule has 0 fully saturated rings. The Labute approximate surface area is 61.4 Å². The van der Waals surface area contributed by atoms with E-state index in [9.17, 15) is 0 Å². The molecule has 2 nitrogen and oxygen atoms in total. The second-order valence-electron chi connectivity index (χ2n) is 2.09. The van der Waals surface area contributed by atoms with Crippen molar-refractivity contribution in [3.8, 4) is 0 Å². The Bertz CT molecular complexity index is 170. The van der Waals surface area contributed by atoms with Crippen molar-refractivity contribution in [2.24, 2.45) is 5.73 Å². The van der Waals surface area contributed by atoms with Crippen LogP contribution in [0.5, 0.6) is 0 Å².